The van der Waals surface area contributed by atoms with Gasteiger partial charge in [0.2, 0.25) is 5.95 Å². The van der Waals surface area contributed by atoms with Crippen molar-refractivity contribution in [1.29, 1.82) is 0 Å². The van der Waals surface area contributed by atoms with Gasteiger partial charge in [-0.25, -0.2) is 0 Å². The summed E-state index contributed by atoms with van der Waals surface area (Å²) in [6, 6.07) is 10.2. The van der Waals surface area contributed by atoms with Crippen LogP contribution in [0.3, 0.4) is 0 Å². The normalized spacial score (nSPS) is 12.6. The van der Waals surface area contributed by atoms with Crippen LogP contribution in [0, 0.1) is 0 Å². The third-order valence-electron chi connectivity index (χ3n) is 3.27. The standard InChI is InChI=1S/C14H22N6/c1-4-19(5-2)11-12(3)15-14-16-17-18-20(14)13-9-7-6-8-10-13/h6-10,12H,4-5,11H2,1-3H3,(H,15,16,18). The van der Waals surface area contributed by atoms with Gasteiger partial charge in [0.15, 0.2) is 0 Å². The van der Waals surface area contributed by atoms with E-state index < -0.39 is 0 Å². The Hall–Kier alpha value is -1.95. The van der Waals surface area contributed by atoms with E-state index in [2.05, 4.69) is 46.5 Å². The van der Waals surface area contributed by atoms with Gasteiger partial charge in [0, 0.05) is 12.6 Å². The largest absolute Gasteiger partial charge is 0.349 e. The highest BCUT2D eigenvalue weighted by Gasteiger charge is 2.12. The van der Waals surface area contributed by atoms with Gasteiger partial charge in [-0.05, 0) is 42.6 Å². The van der Waals surface area contributed by atoms with Crippen LogP contribution < -0.4 is 5.32 Å². The van der Waals surface area contributed by atoms with Gasteiger partial charge < -0.3 is 10.2 Å². The van der Waals surface area contributed by atoms with Crippen molar-refractivity contribution in [2.24, 2.45) is 0 Å². The summed E-state index contributed by atoms with van der Waals surface area (Å²) in [5.74, 6) is 0.677. The van der Waals surface area contributed by atoms with Gasteiger partial charge in [-0.1, -0.05) is 37.1 Å². The number of anilines is 1. The lowest BCUT2D eigenvalue weighted by Crippen LogP contribution is -2.35. The van der Waals surface area contributed by atoms with Crippen molar-refractivity contribution in [3.05, 3.63) is 30.3 Å². The zero-order chi connectivity index (χ0) is 14.4. The Morgan fingerprint density at radius 2 is 1.90 bits per heavy atom. The molecule has 0 spiro atoms. The molecule has 1 N–H and O–H groups in total. The first-order valence-electron chi connectivity index (χ1n) is 7.07. The number of tetrazole rings is 1. The van der Waals surface area contributed by atoms with Gasteiger partial charge in [0.25, 0.3) is 0 Å². The van der Waals surface area contributed by atoms with Gasteiger partial charge in [-0.3, -0.25) is 0 Å². The summed E-state index contributed by atoms with van der Waals surface area (Å²) in [7, 11) is 0. The van der Waals surface area contributed by atoms with Gasteiger partial charge in [-0.15, -0.1) is 0 Å². The topological polar surface area (TPSA) is 58.9 Å². The summed E-state index contributed by atoms with van der Waals surface area (Å²) in [6.45, 7) is 9.55. The van der Waals surface area contributed by atoms with Crippen LogP contribution in [-0.4, -0.2) is 50.8 Å². The Morgan fingerprint density at radius 1 is 1.20 bits per heavy atom. The second-order valence-electron chi connectivity index (χ2n) is 4.78. The molecule has 1 atom stereocenters. The minimum atomic E-state index is 0.281. The number of benzene rings is 1. The average Bonchev–Trinajstić information content (AvgIpc) is 2.93. The van der Waals surface area contributed by atoms with E-state index in [1.807, 2.05) is 30.3 Å². The smallest absolute Gasteiger partial charge is 0.248 e. The number of rotatable bonds is 7. The molecule has 0 fully saturated rings. The van der Waals surface area contributed by atoms with Crippen LogP contribution in [-0.2, 0) is 0 Å². The summed E-state index contributed by atoms with van der Waals surface area (Å²) in [4.78, 5) is 2.37. The van der Waals surface area contributed by atoms with Crippen molar-refractivity contribution in [1.82, 2.24) is 25.1 Å². The van der Waals surface area contributed by atoms with Crippen molar-refractivity contribution in [2.45, 2.75) is 26.8 Å². The van der Waals surface area contributed by atoms with Crippen LogP contribution in [0.25, 0.3) is 5.69 Å². The molecule has 0 aliphatic carbocycles. The molecule has 1 aromatic carbocycles. The molecule has 6 heteroatoms. The number of aromatic nitrogens is 4. The Morgan fingerprint density at radius 3 is 2.55 bits per heavy atom. The summed E-state index contributed by atoms with van der Waals surface area (Å²) in [5.41, 5.74) is 0.954. The van der Waals surface area contributed by atoms with Crippen molar-refractivity contribution in [3.63, 3.8) is 0 Å². The number of hydrogen-bond acceptors (Lipinski definition) is 5. The van der Waals surface area contributed by atoms with Gasteiger partial charge in [0.1, 0.15) is 0 Å². The van der Waals surface area contributed by atoms with Gasteiger partial charge in [-0.2, -0.15) is 4.68 Å². The molecule has 0 saturated heterocycles. The third kappa shape index (κ3) is 3.54. The summed E-state index contributed by atoms with van der Waals surface area (Å²) >= 11 is 0. The molecule has 1 unspecified atom stereocenters. The third-order valence-corrected chi connectivity index (χ3v) is 3.27. The molecule has 0 aliphatic rings. The maximum atomic E-state index is 4.06. The van der Waals surface area contributed by atoms with E-state index in [9.17, 15) is 0 Å². The molecule has 6 nitrogen and oxygen atoms in total. The van der Waals surface area contributed by atoms with Crippen LogP contribution in [0.5, 0.6) is 0 Å². The fourth-order valence-corrected chi connectivity index (χ4v) is 2.16. The molecule has 1 heterocycles. The monoisotopic (exact) mass is 274 g/mol. The van der Waals surface area contributed by atoms with Crippen LogP contribution in [0.2, 0.25) is 0 Å². The molecular weight excluding hydrogens is 252 g/mol. The molecule has 2 aromatic rings. The van der Waals surface area contributed by atoms with E-state index in [0.717, 1.165) is 25.3 Å². The predicted octanol–water partition coefficient (Wildman–Crippen LogP) is 1.80. The summed E-state index contributed by atoms with van der Waals surface area (Å²) < 4.78 is 1.72. The highest BCUT2D eigenvalue weighted by Crippen LogP contribution is 2.11. The van der Waals surface area contributed by atoms with Gasteiger partial charge >= 0.3 is 0 Å². The van der Waals surface area contributed by atoms with Crippen molar-refractivity contribution >= 4 is 5.95 Å². The van der Waals surface area contributed by atoms with E-state index in [-0.39, 0.29) is 6.04 Å². The molecule has 108 valence electrons. The molecular formula is C14H22N6. The first kappa shape index (κ1) is 14.5. The predicted molar refractivity (Wildman–Crippen MR) is 80.0 cm³/mol. The molecule has 0 aliphatic heterocycles. The zero-order valence-corrected chi connectivity index (χ0v) is 12.3. The Labute approximate surface area is 119 Å². The Bertz CT molecular complexity index is 505. The first-order valence-corrected chi connectivity index (χ1v) is 7.07. The molecule has 1 aromatic heterocycles. The summed E-state index contributed by atoms with van der Waals surface area (Å²) in [5, 5.41) is 15.2. The molecule has 20 heavy (non-hydrogen) atoms. The minimum absolute atomic E-state index is 0.281. The highest BCUT2D eigenvalue weighted by molar-refractivity contribution is 5.38. The average molecular weight is 274 g/mol. The maximum Gasteiger partial charge on any atom is 0.248 e. The van der Waals surface area contributed by atoms with E-state index >= 15 is 0 Å². The summed E-state index contributed by atoms with van der Waals surface area (Å²) in [6.07, 6.45) is 0. The van der Waals surface area contributed by atoms with E-state index in [1.54, 1.807) is 4.68 Å². The van der Waals surface area contributed by atoms with Crippen molar-refractivity contribution in [2.75, 3.05) is 25.0 Å². The Kier molecular flexibility index (Phi) is 5.06. The van der Waals surface area contributed by atoms with Gasteiger partial charge in [0.05, 0.1) is 5.69 Å². The fourth-order valence-electron chi connectivity index (χ4n) is 2.16. The van der Waals surface area contributed by atoms with E-state index in [1.165, 1.54) is 0 Å². The molecule has 2 rings (SSSR count). The van der Waals surface area contributed by atoms with Crippen molar-refractivity contribution in [3.8, 4) is 5.69 Å². The number of likely N-dealkylation sites (N-methyl/N-ethyl adjacent to an activating group) is 1. The first-order chi connectivity index (χ1) is 9.74. The fraction of sp³-hybridized carbons (Fsp3) is 0.500. The molecule has 0 bridgehead atoms. The number of nitrogens with one attached hydrogen (secondary N) is 1. The van der Waals surface area contributed by atoms with Crippen LogP contribution >= 0.6 is 0 Å². The van der Waals surface area contributed by atoms with Crippen LogP contribution in [0.1, 0.15) is 20.8 Å². The lowest BCUT2D eigenvalue weighted by Gasteiger charge is -2.23. The SMILES string of the molecule is CCN(CC)CC(C)Nc1nnnn1-c1ccccc1. The number of para-hydroxylation sites is 1. The van der Waals surface area contributed by atoms with Crippen LogP contribution in [0.15, 0.2) is 30.3 Å². The lowest BCUT2D eigenvalue weighted by atomic mass is 10.3. The van der Waals surface area contributed by atoms with Crippen LogP contribution in [0.4, 0.5) is 5.95 Å². The number of nitrogens with zero attached hydrogens (tertiary/aromatic N) is 5. The Balaban J connectivity index is 2.06. The minimum Gasteiger partial charge on any atom is -0.349 e. The zero-order valence-electron chi connectivity index (χ0n) is 12.3. The van der Waals surface area contributed by atoms with E-state index in [4.69, 9.17) is 0 Å². The highest BCUT2D eigenvalue weighted by atomic mass is 15.6. The molecule has 0 saturated carbocycles. The quantitative estimate of drug-likeness (QED) is 0.834. The number of hydrogen-bond donors (Lipinski definition) is 1. The lowest BCUT2D eigenvalue weighted by molar-refractivity contribution is 0.294. The second kappa shape index (κ2) is 7.00. The maximum absolute atomic E-state index is 4.06. The molecule has 0 radical (unpaired) electrons. The van der Waals surface area contributed by atoms with Crippen molar-refractivity contribution < 1.29 is 0 Å². The van der Waals surface area contributed by atoms with E-state index in [0.29, 0.717) is 5.95 Å². The molecule has 0 amide bonds. The second-order valence-corrected chi connectivity index (χ2v) is 4.78.